The van der Waals surface area contributed by atoms with E-state index in [0.717, 1.165) is 12.8 Å². The summed E-state index contributed by atoms with van der Waals surface area (Å²) >= 11 is 0. The van der Waals surface area contributed by atoms with Crippen molar-refractivity contribution in [2.75, 3.05) is 14.2 Å². The molecule has 1 fully saturated rings. The molecule has 94 valence electrons. The molecule has 1 unspecified atom stereocenters. The number of ether oxygens (including phenoxy) is 2. The number of ketones is 1. The lowest BCUT2D eigenvalue weighted by atomic mass is 10.1. The highest BCUT2D eigenvalue weighted by atomic mass is 16.5. The summed E-state index contributed by atoms with van der Waals surface area (Å²) in [7, 11) is 3.13. The molecule has 17 heavy (non-hydrogen) atoms. The highest BCUT2D eigenvalue weighted by Crippen LogP contribution is 2.36. The van der Waals surface area contributed by atoms with Gasteiger partial charge in [0, 0.05) is 13.7 Å². The van der Waals surface area contributed by atoms with Gasteiger partial charge in [0.05, 0.1) is 13.3 Å². The molecule has 5 heteroatoms. The van der Waals surface area contributed by atoms with Gasteiger partial charge in [0.2, 0.25) is 5.78 Å². The van der Waals surface area contributed by atoms with Crippen LogP contribution in [0.1, 0.15) is 30.3 Å². The Morgan fingerprint density at radius 3 is 2.76 bits per heavy atom. The molecule has 0 bridgehead atoms. The van der Waals surface area contributed by atoms with Crippen LogP contribution in [-0.4, -0.2) is 35.9 Å². The number of methoxy groups -OCH3 is 2. The Kier molecular flexibility index (Phi) is 3.47. The van der Waals surface area contributed by atoms with E-state index in [2.05, 4.69) is 5.10 Å². The van der Waals surface area contributed by atoms with Crippen LogP contribution in [0, 0.1) is 5.92 Å². The molecule has 1 atom stereocenters. The van der Waals surface area contributed by atoms with Crippen LogP contribution in [0.4, 0.5) is 0 Å². The number of carbonyl (C=O) groups excluding carboxylic acids is 1. The molecule has 0 radical (unpaired) electrons. The van der Waals surface area contributed by atoms with Gasteiger partial charge in [0.25, 0.3) is 0 Å². The first-order chi connectivity index (χ1) is 8.22. The molecular formula is C12H18N2O3. The van der Waals surface area contributed by atoms with E-state index in [9.17, 15) is 4.79 Å². The van der Waals surface area contributed by atoms with Crippen molar-refractivity contribution < 1.29 is 14.3 Å². The molecule has 0 aromatic carbocycles. The van der Waals surface area contributed by atoms with Crippen molar-refractivity contribution in [3.63, 3.8) is 0 Å². The van der Waals surface area contributed by atoms with Gasteiger partial charge < -0.3 is 9.47 Å². The first-order valence-electron chi connectivity index (χ1n) is 5.89. The van der Waals surface area contributed by atoms with E-state index in [1.54, 1.807) is 25.1 Å². The average Bonchev–Trinajstić information content (AvgIpc) is 3.08. The summed E-state index contributed by atoms with van der Waals surface area (Å²) in [5.41, 5.74) is 0.522. The Labute approximate surface area is 101 Å². The highest BCUT2D eigenvalue weighted by Gasteiger charge is 2.39. The number of rotatable bonds is 6. The second-order valence-corrected chi connectivity index (χ2v) is 4.24. The average molecular weight is 238 g/mol. The van der Waals surface area contributed by atoms with Gasteiger partial charge >= 0.3 is 0 Å². The van der Waals surface area contributed by atoms with E-state index in [4.69, 9.17) is 9.47 Å². The van der Waals surface area contributed by atoms with Crippen molar-refractivity contribution in [1.82, 2.24) is 9.78 Å². The summed E-state index contributed by atoms with van der Waals surface area (Å²) in [4.78, 5) is 12.4. The van der Waals surface area contributed by atoms with E-state index >= 15 is 0 Å². The van der Waals surface area contributed by atoms with Crippen molar-refractivity contribution in [3.05, 3.63) is 11.9 Å². The van der Waals surface area contributed by atoms with Gasteiger partial charge in [-0.1, -0.05) is 0 Å². The lowest BCUT2D eigenvalue weighted by molar-refractivity contribution is 0.0526. The van der Waals surface area contributed by atoms with Crippen LogP contribution in [0.2, 0.25) is 0 Å². The smallest absolute Gasteiger partial charge is 0.213 e. The third-order valence-corrected chi connectivity index (χ3v) is 3.12. The third kappa shape index (κ3) is 2.20. The fraction of sp³-hybridized carbons (Fsp3) is 0.667. The zero-order valence-corrected chi connectivity index (χ0v) is 10.5. The predicted octanol–water partition coefficient (Wildman–Crippen LogP) is 1.52. The Bertz CT molecular complexity index is 388. The monoisotopic (exact) mass is 238 g/mol. The lowest BCUT2D eigenvalue weighted by Crippen LogP contribution is -2.28. The molecule has 2 rings (SSSR count). The molecule has 1 heterocycles. The molecule has 0 N–H and O–H groups in total. The van der Waals surface area contributed by atoms with E-state index in [0.29, 0.717) is 23.9 Å². The fourth-order valence-corrected chi connectivity index (χ4v) is 2.05. The zero-order valence-electron chi connectivity index (χ0n) is 10.5. The van der Waals surface area contributed by atoms with Crippen molar-refractivity contribution in [2.45, 2.75) is 32.4 Å². The van der Waals surface area contributed by atoms with Crippen molar-refractivity contribution >= 4 is 5.78 Å². The van der Waals surface area contributed by atoms with Gasteiger partial charge in [-0.25, -0.2) is 0 Å². The second kappa shape index (κ2) is 4.87. The molecule has 1 aromatic heterocycles. The van der Waals surface area contributed by atoms with Gasteiger partial charge in [0.15, 0.2) is 5.75 Å². The van der Waals surface area contributed by atoms with Crippen molar-refractivity contribution in [2.24, 2.45) is 5.92 Å². The minimum absolute atomic E-state index is 0.0220. The summed E-state index contributed by atoms with van der Waals surface area (Å²) in [6.07, 6.45) is 3.35. The first kappa shape index (κ1) is 12.1. The first-order valence-corrected chi connectivity index (χ1v) is 5.89. The normalized spacial score (nSPS) is 16.9. The van der Waals surface area contributed by atoms with Gasteiger partial charge in [-0.05, 0) is 25.7 Å². The maximum atomic E-state index is 12.4. The largest absolute Gasteiger partial charge is 0.493 e. The Morgan fingerprint density at radius 2 is 2.29 bits per heavy atom. The lowest BCUT2D eigenvalue weighted by Gasteiger charge is -2.14. The molecule has 1 aliphatic carbocycles. The minimum Gasteiger partial charge on any atom is -0.493 e. The standard InChI is InChI=1S/C12H18N2O3/c1-4-14-10(9(16-2)7-13-14)11(15)12(17-3)8-5-6-8/h7-8,12H,4-6H2,1-3H3. The van der Waals surface area contributed by atoms with E-state index in [1.807, 2.05) is 6.92 Å². The van der Waals surface area contributed by atoms with Crippen LogP contribution in [0.25, 0.3) is 0 Å². The summed E-state index contributed by atoms with van der Waals surface area (Å²) in [6, 6.07) is 0. The van der Waals surface area contributed by atoms with Crippen LogP contribution in [0.3, 0.4) is 0 Å². The maximum Gasteiger partial charge on any atom is 0.213 e. The summed E-state index contributed by atoms with van der Waals surface area (Å²) < 4.78 is 12.2. The predicted molar refractivity (Wildman–Crippen MR) is 62.3 cm³/mol. The molecule has 1 aliphatic rings. The van der Waals surface area contributed by atoms with Gasteiger partial charge in [0.1, 0.15) is 11.8 Å². The molecule has 0 saturated heterocycles. The summed E-state index contributed by atoms with van der Waals surface area (Å²) in [6.45, 7) is 2.59. The van der Waals surface area contributed by atoms with Gasteiger partial charge in [-0.2, -0.15) is 5.10 Å². The molecule has 1 saturated carbocycles. The van der Waals surface area contributed by atoms with Crippen LogP contribution >= 0.6 is 0 Å². The highest BCUT2D eigenvalue weighted by molar-refractivity contribution is 6.00. The van der Waals surface area contributed by atoms with Crippen LogP contribution in [0.5, 0.6) is 5.75 Å². The second-order valence-electron chi connectivity index (χ2n) is 4.24. The summed E-state index contributed by atoms with van der Waals surface area (Å²) in [5, 5.41) is 4.14. The van der Waals surface area contributed by atoms with E-state index in [-0.39, 0.29) is 11.9 Å². The number of carbonyl (C=O) groups is 1. The fourth-order valence-electron chi connectivity index (χ4n) is 2.05. The third-order valence-electron chi connectivity index (χ3n) is 3.12. The van der Waals surface area contributed by atoms with Crippen LogP contribution in [0.15, 0.2) is 6.20 Å². The molecular weight excluding hydrogens is 220 g/mol. The van der Waals surface area contributed by atoms with Gasteiger partial charge in [-0.15, -0.1) is 0 Å². The molecule has 0 aliphatic heterocycles. The van der Waals surface area contributed by atoms with E-state index in [1.165, 1.54) is 0 Å². The van der Waals surface area contributed by atoms with Crippen molar-refractivity contribution in [3.8, 4) is 5.75 Å². The number of hydrogen-bond donors (Lipinski definition) is 0. The van der Waals surface area contributed by atoms with E-state index < -0.39 is 0 Å². The molecule has 0 spiro atoms. The number of nitrogens with zero attached hydrogens (tertiary/aromatic N) is 2. The van der Waals surface area contributed by atoms with Crippen molar-refractivity contribution in [1.29, 1.82) is 0 Å². The minimum atomic E-state index is -0.356. The van der Waals surface area contributed by atoms with Crippen LogP contribution in [-0.2, 0) is 11.3 Å². The van der Waals surface area contributed by atoms with Crippen LogP contribution < -0.4 is 4.74 Å². The SMILES string of the molecule is CCn1ncc(OC)c1C(=O)C(OC)C1CC1. The molecule has 5 nitrogen and oxygen atoms in total. The molecule has 0 amide bonds. The zero-order chi connectivity index (χ0) is 12.4. The number of Topliss-reactive ketones (excluding diaryl/α,β-unsaturated/α-hetero) is 1. The number of aryl methyl sites for hydroxylation is 1. The maximum absolute atomic E-state index is 12.4. The number of hydrogen-bond acceptors (Lipinski definition) is 4. The number of aromatic nitrogens is 2. The summed E-state index contributed by atoms with van der Waals surface area (Å²) in [5.74, 6) is 0.864. The quantitative estimate of drug-likeness (QED) is 0.705. The Balaban J connectivity index is 2.30. The molecule has 1 aromatic rings. The topological polar surface area (TPSA) is 53.4 Å². The Morgan fingerprint density at radius 1 is 1.59 bits per heavy atom. The Hall–Kier alpha value is -1.36. The van der Waals surface area contributed by atoms with Gasteiger partial charge in [-0.3, -0.25) is 9.48 Å².